The zero-order chi connectivity index (χ0) is 21.2. The van der Waals surface area contributed by atoms with Crippen LogP contribution in [0.1, 0.15) is 28.4 Å². The molecule has 0 aliphatic carbocycles. The summed E-state index contributed by atoms with van der Waals surface area (Å²) < 4.78 is 31.4. The number of hydrogen-bond acceptors (Lipinski definition) is 6. The first kappa shape index (κ1) is 20.9. The molecule has 2 aromatic rings. The fraction of sp³-hybridized carbons (Fsp3) is 0.278. The maximum Gasteiger partial charge on any atom is 0.274 e. The first-order valence-corrected chi connectivity index (χ1v) is 10.7. The summed E-state index contributed by atoms with van der Waals surface area (Å²) in [6.07, 6.45) is 1.86. The van der Waals surface area contributed by atoms with Crippen LogP contribution in [0.5, 0.6) is 5.75 Å². The maximum atomic E-state index is 12.5. The predicted molar refractivity (Wildman–Crippen MR) is 110 cm³/mol. The highest BCUT2D eigenvalue weighted by Crippen LogP contribution is 2.36. The van der Waals surface area contributed by atoms with Crippen LogP contribution in [0, 0.1) is 5.41 Å². The fourth-order valence-electron chi connectivity index (χ4n) is 2.94. The second kappa shape index (κ2) is 8.26. The van der Waals surface area contributed by atoms with Crippen molar-refractivity contribution in [2.75, 3.05) is 24.7 Å². The number of pyridine rings is 1. The van der Waals surface area contributed by atoms with Crippen LogP contribution in [0.15, 0.2) is 36.5 Å². The molecule has 0 radical (unpaired) electrons. The first-order chi connectivity index (χ1) is 13.7. The van der Waals surface area contributed by atoms with Crippen molar-refractivity contribution >= 4 is 39.2 Å². The number of carbonyl (C=O) groups excluding carboxylic acids is 1. The zero-order valence-electron chi connectivity index (χ0n) is 15.6. The summed E-state index contributed by atoms with van der Waals surface area (Å²) in [5.41, 5.74) is 6.66. The van der Waals surface area contributed by atoms with Gasteiger partial charge in [-0.05, 0) is 36.8 Å². The van der Waals surface area contributed by atoms with Crippen molar-refractivity contribution in [3.8, 4) is 5.75 Å². The average Bonchev–Trinajstić information content (AvgIpc) is 2.68. The number of nitrogens with one attached hydrogen (secondary N) is 2. The number of rotatable bonds is 5. The molecule has 0 spiro atoms. The van der Waals surface area contributed by atoms with Crippen molar-refractivity contribution < 1.29 is 17.9 Å². The van der Waals surface area contributed by atoms with E-state index in [4.69, 9.17) is 27.5 Å². The molecule has 1 atom stereocenters. The number of halogens is 1. The Morgan fingerprint density at radius 2 is 2.17 bits per heavy atom. The van der Waals surface area contributed by atoms with Crippen molar-refractivity contribution in [3.63, 3.8) is 0 Å². The second-order valence-electron chi connectivity index (χ2n) is 6.53. The Morgan fingerprint density at radius 1 is 1.41 bits per heavy atom. The topological polar surface area (TPSA) is 138 Å². The second-order valence-corrected chi connectivity index (χ2v) is 9.02. The normalized spacial score (nSPS) is 15.7. The lowest BCUT2D eigenvalue weighted by Gasteiger charge is -2.28. The Labute approximate surface area is 173 Å². The number of fused-ring (bicyclic) bond motifs is 1. The number of hydrogen-bond donors (Lipinski definition) is 3. The fourth-order valence-corrected chi connectivity index (χ4v) is 4.43. The third kappa shape index (κ3) is 4.77. The molecule has 11 heteroatoms. The molecule has 0 fully saturated rings. The Hall–Kier alpha value is -2.85. The van der Waals surface area contributed by atoms with Crippen LogP contribution in [-0.2, 0) is 10.0 Å². The third-order valence-electron chi connectivity index (χ3n) is 4.56. The van der Waals surface area contributed by atoms with E-state index in [0.717, 1.165) is 4.31 Å². The molecule has 29 heavy (non-hydrogen) atoms. The molecule has 0 saturated heterocycles. The van der Waals surface area contributed by atoms with Crippen LogP contribution >= 0.6 is 11.6 Å². The first-order valence-electron chi connectivity index (χ1n) is 8.67. The highest BCUT2D eigenvalue weighted by molar-refractivity contribution is 7.89. The van der Waals surface area contributed by atoms with Gasteiger partial charge in [-0.2, -0.15) is 0 Å². The summed E-state index contributed by atoms with van der Waals surface area (Å²) in [6.45, 7) is 0.372. The number of nitrogens with zero attached hydrogens (tertiary/aromatic N) is 2. The van der Waals surface area contributed by atoms with Crippen molar-refractivity contribution in [2.24, 2.45) is 5.73 Å². The van der Waals surface area contributed by atoms with E-state index in [9.17, 15) is 13.2 Å². The average molecular weight is 438 g/mol. The molecule has 1 aliphatic rings. The number of sulfonamides is 1. The smallest absolute Gasteiger partial charge is 0.274 e. The van der Waals surface area contributed by atoms with Gasteiger partial charge in [0.25, 0.3) is 5.91 Å². The summed E-state index contributed by atoms with van der Waals surface area (Å²) in [7, 11) is -2.52. The molecule has 2 heterocycles. The monoisotopic (exact) mass is 437 g/mol. The zero-order valence-corrected chi connectivity index (χ0v) is 17.1. The van der Waals surface area contributed by atoms with E-state index in [1.165, 1.54) is 19.3 Å². The van der Waals surface area contributed by atoms with Gasteiger partial charge in [0.1, 0.15) is 11.4 Å². The predicted octanol–water partition coefficient (Wildman–Crippen LogP) is 2.01. The Balaban J connectivity index is 1.83. The lowest BCUT2D eigenvalue weighted by molar-refractivity contribution is 0.102. The van der Waals surface area contributed by atoms with Gasteiger partial charge < -0.3 is 15.8 Å². The lowest BCUT2D eigenvalue weighted by Crippen LogP contribution is -2.40. The van der Waals surface area contributed by atoms with Crippen LogP contribution in [0.3, 0.4) is 0 Å². The van der Waals surface area contributed by atoms with E-state index in [1.54, 1.807) is 24.3 Å². The number of nitrogens with two attached hydrogens (primary N) is 1. The number of anilines is 1. The van der Waals surface area contributed by atoms with Crippen LogP contribution < -0.4 is 15.8 Å². The quantitative estimate of drug-likeness (QED) is 0.483. The van der Waals surface area contributed by atoms with Gasteiger partial charge >= 0.3 is 0 Å². The summed E-state index contributed by atoms with van der Waals surface area (Å²) in [4.78, 5) is 16.4. The van der Waals surface area contributed by atoms with Gasteiger partial charge in [0, 0.05) is 30.4 Å². The summed E-state index contributed by atoms with van der Waals surface area (Å²) >= 11 is 5.78. The summed E-state index contributed by atoms with van der Waals surface area (Å²) in [6, 6.07) is 8.12. The molecule has 154 valence electrons. The largest absolute Gasteiger partial charge is 0.493 e. The molecule has 0 saturated carbocycles. The molecule has 1 unspecified atom stereocenters. The molecular weight excluding hydrogens is 418 g/mol. The van der Waals surface area contributed by atoms with Crippen molar-refractivity contribution in [3.05, 3.63) is 52.8 Å². The van der Waals surface area contributed by atoms with E-state index in [0.29, 0.717) is 35.1 Å². The van der Waals surface area contributed by atoms with Crippen molar-refractivity contribution in [1.29, 1.82) is 5.41 Å². The molecule has 1 aliphatic heterocycles. The molecule has 1 amide bonds. The van der Waals surface area contributed by atoms with Crippen LogP contribution in [0.4, 0.5) is 5.69 Å². The number of ether oxygens (including phenoxy) is 1. The Morgan fingerprint density at radius 3 is 2.83 bits per heavy atom. The van der Waals surface area contributed by atoms with E-state index in [2.05, 4.69) is 10.3 Å². The maximum absolute atomic E-state index is 12.5. The molecular formula is C18H20ClN5O4S. The van der Waals surface area contributed by atoms with Crippen LogP contribution in [-0.4, -0.2) is 49.0 Å². The van der Waals surface area contributed by atoms with Gasteiger partial charge in [0.15, 0.2) is 0 Å². The summed E-state index contributed by atoms with van der Waals surface area (Å²) in [5.74, 6) is -0.997. The summed E-state index contributed by atoms with van der Waals surface area (Å²) in [5, 5.41) is 10.5. The van der Waals surface area contributed by atoms with E-state index >= 15 is 0 Å². The minimum absolute atomic E-state index is 0.200. The Kier molecular flexibility index (Phi) is 5.94. The van der Waals surface area contributed by atoms with E-state index in [1.807, 2.05) is 0 Å². The molecule has 3 rings (SSSR count). The number of guanidine groups is 1. The standard InChI is InChI=1S/C18H20ClN5O4S/c1-24(18(20)21)29(26,27)10-11-6-7-28-16-5-3-13(8-14(11)16)23-17(25)15-4-2-12(19)9-22-15/h2-5,8-9,11H,6-7,10H2,1H3,(H3,20,21)(H,23,25). The lowest BCUT2D eigenvalue weighted by atomic mass is 9.94. The van der Waals surface area contributed by atoms with Gasteiger partial charge in [-0.15, -0.1) is 0 Å². The van der Waals surface area contributed by atoms with E-state index < -0.39 is 21.9 Å². The molecule has 0 bridgehead atoms. The molecule has 1 aromatic heterocycles. The van der Waals surface area contributed by atoms with Gasteiger partial charge in [-0.25, -0.2) is 17.7 Å². The third-order valence-corrected chi connectivity index (χ3v) is 6.64. The number of benzene rings is 1. The van der Waals surface area contributed by atoms with Gasteiger partial charge in [-0.3, -0.25) is 10.2 Å². The molecule has 4 N–H and O–H groups in total. The van der Waals surface area contributed by atoms with Crippen molar-refractivity contribution in [2.45, 2.75) is 12.3 Å². The van der Waals surface area contributed by atoms with Gasteiger partial charge in [0.05, 0.1) is 17.4 Å². The van der Waals surface area contributed by atoms with Gasteiger partial charge in [-0.1, -0.05) is 11.6 Å². The van der Waals surface area contributed by atoms with Gasteiger partial charge in [0.2, 0.25) is 16.0 Å². The van der Waals surface area contributed by atoms with Crippen molar-refractivity contribution in [1.82, 2.24) is 9.29 Å². The minimum Gasteiger partial charge on any atom is -0.493 e. The van der Waals surface area contributed by atoms with Crippen LogP contribution in [0.2, 0.25) is 5.02 Å². The number of amides is 1. The SMILES string of the molecule is CN(C(=N)N)S(=O)(=O)CC1CCOc2ccc(NC(=O)c3ccc(Cl)cn3)cc21. The highest BCUT2D eigenvalue weighted by atomic mass is 35.5. The van der Waals surface area contributed by atoms with E-state index in [-0.39, 0.29) is 17.4 Å². The minimum atomic E-state index is -3.77. The number of aromatic nitrogens is 1. The van der Waals surface area contributed by atoms with Crippen LogP contribution in [0.25, 0.3) is 0 Å². The number of carbonyl (C=O) groups is 1. The molecule has 1 aromatic carbocycles. The highest BCUT2D eigenvalue weighted by Gasteiger charge is 2.30. The Bertz CT molecular complexity index is 1040. The molecule has 9 nitrogen and oxygen atoms in total.